The maximum Gasteiger partial charge on any atom is 0.0572 e. The second-order valence-corrected chi connectivity index (χ2v) is 5.65. The van der Waals surface area contributed by atoms with Crippen LogP contribution in [-0.4, -0.2) is 35.1 Å². The lowest BCUT2D eigenvalue weighted by Gasteiger charge is -2.31. The van der Waals surface area contributed by atoms with Gasteiger partial charge in [-0.05, 0) is 51.3 Å². The zero-order valence-electron chi connectivity index (χ0n) is 11.2. The zero-order chi connectivity index (χ0) is 12.4. The lowest BCUT2D eigenvalue weighted by Crippen LogP contribution is -2.40. The summed E-state index contributed by atoms with van der Waals surface area (Å²) in [6.07, 6.45) is 7.30. The van der Waals surface area contributed by atoms with E-state index >= 15 is 0 Å². The number of aromatic nitrogens is 1. The summed E-state index contributed by atoms with van der Waals surface area (Å²) in [5.74, 6) is 0. The van der Waals surface area contributed by atoms with E-state index in [2.05, 4.69) is 34.3 Å². The molecule has 1 saturated carbocycles. The van der Waals surface area contributed by atoms with Gasteiger partial charge in [-0.25, -0.2) is 0 Å². The Kier molecular flexibility index (Phi) is 3.62. The first-order chi connectivity index (χ1) is 8.84. The van der Waals surface area contributed by atoms with Crippen molar-refractivity contribution in [2.45, 2.75) is 50.7 Å². The molecule has 3 rings (SSSR count). The largest absolute Gasteiger partial charge is 0.313 e. The topological polar surface area (TPSA) is 28.2 Å². The van der Waals surface area contributed by atoms with Crippen molar-refractivity contribution in [2.75, 3.05) is 13.1 Å². The maximum absolute atomic E-state index is 4.52. The Balaban J connectivity index is 1.68. The van der Waals surface area contributed by atoms with Gasteiger partial charge in [-0.2, -0.15) is 0 Å². The van der Waals surface area contributed by atoms with E-state index in [0.29, 0.717) is 12.1 Å². The van der Waals surface area contributed by atoms with Crippen LogP contribution in [0.5, 0.6) is 0 Å². The number of rotatable bonds is 5. The summed E-state index contributed by atoms with van der Waals surface area (Å²) in [6.45, 7) is 4.68. The molecule has 98 valence electrons. The maximum atomic E-state index is 4.52. The summed E-state index contributed by atoms with van der Waals surface area (Å²) in [5, 5.41) is 3.61. The lowest BCUT2D eigenvalue weighted by atomic mass is 10.1. The van der Waals surface area contributed by atoms with Crippen molar-refractivity contribution in [3.63, 3.8) is 0 Å². The molecular formula is C15H23N3. The Morgan fingerprint density at radius 3 is 2.89 bits per heavy atom. The Morgan fingerprint density at radius 1 is 1.39 bits per heavy atom. The first-order valence-electron chi connectivity index (χ1n) is 7.24. The molecule has 0 radical (unpaired) electrons. The Labute approximate surface area is 110 Å². The highest BCUT2D eigenvalue weighted by atomic mass is 15.2. The smallest absolute Gasteiger partial charge is 0.0572 e. The summed E-state index contributed by atoms with van der Waals surface area (Å²) < 4.78 is 0. The first kappa shape index (κ1) is 12.1. The van der Waals surface area contributed by atoms with Gasteiger partial charge in [0.15, 0.2) is 0 Å². The molecule has 2 atom stereocenters. The summed E-state index contributed by atoms with van der Waals surface area (Å²) in [6, 6.07) is 8.18. The molecule has 2 unspecified atom stereocenters. The predicted molar refractivity (Wildman–Crippen MR) is 73.4 cm³/mol. The van der Waals surface area contributed by atoms with Gasteiger partial charge in [-0.15, -0.1) is 0 Å². The average molecular weight is 245 g/mol. The van der Waals surface area contributed by atoms with E-state index in [1.807, 2.05) is 12.3 Å². The number of nitrogens with one attached hydrogen (secondary N) is 1. The van der Waals surface area contributed by atoms with Gasteiger partial charge in [0.25, 0.3) is 0 Å². The van der Waals surface area contributed by atoms with Crippen LogP contribution in [0.25, 0.3) is 0 Å². The summed E-state index contributed by atoms with van der Waals surface area (Å²) in [4.78, 5) is 7.18. The third-order valence-electron chi connectivity index (χ3n) is 4.22. The van der Waals surface area contributed by atoms with Crippen LogP contribution in [0.4, 0.5) is 0 Å². The van der Waals surface area contributed by atoms with Gasteiger partial charge in [0.1, 0.15) is 0 Å². The van der Waals surface area contributed by atoms with Crippen LogP contribution in [0.2, 0.25) is 0 Å². The molecule has 0 spiro atoms. The number of pyridine rings is 1. The van der Waals surface area contributed by atoms with Crippen LogP contribution in [0.15, 0.2) is 24.4 Å². The molecule has 0 bridgehead atoms. The second kappa shape index (κ2) is 5.37. The second-order valence-electron chi connectivity index (χ2n) is 5.65. The Hall–Kier alpha value is -0.930. The van der Waals surface area contributed by atoms with E-state index in [9.17, 15) is 0 Å². The van der Waals surface area contributed by atoms with E-state index in [1.165, 1.54) is 44.5 Å². The third kappa shape index (κ3) is 2.73. The molecule has 18 heavy (non-hydrogen) atoms. The summed E-state index contributed by atoms with van der Waals surface area (Å²) in [7, 11) is 0. The quantitative estimate of drug-likeness (QED) is 0.863. The zero-order valence-corrected chi connectivity index (χ0v) is 11.2. The highest BCUT2D eigenvalue weighted by molar-refractivity contribution is 5.09. The Bertz CT molecular complexity index is 369. The SMILES string of the molecule is CC(c1ccccn1)N(CC1CCCN1)C1CC1. The third-order valence-corrected chi connectivity index (χ3v) is 4.22. The van der Waals surface area contributed by atoms with Crippen LogP contribution in [0.3, 0.4) is 0 Å². The molecule has 1 aliphatic carbocycles. The monoisotopic (exact) mass is 245 g/mol. The van der Waals surface area contributed by atoms with Gasteiger partial charge in [-0.3, -0.25) is 9.88 Å². The minimum Gasteiger partial charge on any atom is -0.313 e. The van der Waals surface area contributed by atoms with Gasteiger partial charge in [-0.1, -0.05) is 6.07 Å². The van der Waals surface area contributed by atoms with Crippen molar-refractivity contribution in [1.29, 1.82) is 0 Å². The minimum absolute atomic E-state index is 0.445. The van der Waals surface area contributed by atoms with Gasteiger partial charge < -0.3 is 5.32 Å². The van der Waals surface area contributed by atoms with E-state index in [1.54, 1.807) is 0 Å². The van der Waals surface area contributed by atoms with Gasteiger partial charge >= 0.3 is 0 Å². The van der Waals surface area contributed by atoms with Gasteiger partial charge in [0.05, 0.1) is 5.69 Å². The summed E-state index contributed by atoms with van der Waals surface area (Å²) >= 11 is 0. The molecule has 2 fully saturated rings. The predicted octanol–water partition coefficient (Wildman–Crippen LogP) is 2.36. The molecule has 2 aliphatic rings. The van der Waals surface area contributed by atoms with Crippen LogP contribution in [0.1, 0.15) is 44.3 Å². The highest BCUT2D eigenvalue weighted by Gasteiger charge is 2.34. The molecule has 0 aromatic carbocycles. The molecule has 1 N–H and O–H groups in total. The Morgan fingerprint density at radius 2 is 2.28 bits per heavy atom. The first-order valence-corrected chi connectivity index (χ1v) is 7.24. The van der Waals surface area contributed by atoms with Crippen molar-refractivity contribution >= 4 is 0 Å². The fraction of sp³-hybridized carbons (Fsp3) is 0.667. The molecule has 1 aliphatic heterocycles. The van der Waals surface area contributed by atoms with Gasteiger partial charge in [0.2, 0.25) is 0 Å². The van der Waals surface area contributed by atoms with Crippen molar-refractivity contribution in [1.82, 2.24) is 15.2 Å². The highest BCUT2D eigenvalue weighted by Crippen LogP contribution is 2.34. The number of hydrogen-bond donors (Lipinski definition) is 1. The minimum atomic E-state index is 0.445. The van der Waals surface area contributed by atoms with E-state index < -0.39 is 0 Å². The standard InChI is InChI=1S/C15H23N3/c1-12(15-6-2-3-9-17-15)18(14-7-8-14)11-13-5-4-10-16-13/h2-3,6,9,12-14,16H,4-5,7-8,10-11H2,1H3. The lowest BCUT2D eigenvalue weighted by molar-refractivity contribution is 0.179. The number of nitrogens with zero attached hydrogens (tertiary/aromatic N) is 2. The molecule has 1 saturated heterocycles. The fourth-order valence-electron chi connectivity index (χ4n) is 2.99. The molecule has 3 nitrogen and oxygen atoms in total. The average Bonchev–Trinajstić information content (AvgIpc) is 3.13. The van der Waals surface area contributed by atoms with E-state index in [0.717, 1.165) is 6.04 Å². The number of hydrogen-bond acceptors (Lipinski definition) is 3. The fourth-order valence-corrected chi connectivity index (χ4v) is 2.99. The van der Waals surface area contributed by atoms with Crippen LogP contribution >= 0.6 is 0 Å². The summed E-state index contributed by atoms with van der Waals surface area (Å²) in [5.41, 5.74) is 1.21. The van der Waals surface area contributed by atoms with Crippen molar-refractivity contribution in [2.24, 2.45) is 0 Å². The van der Waals surface area contributed by atoms with E-state index in [4.69, 9.17) is 0 Å². The molecule has 1 aromatic rings. The van der Waals surface area contributed by atoms with Crippen LogP contribution < -0.4 is 5.32 Å². The van der Waals surface area contributed by atoms with Crippen LogP contribution in [-0.2, 0) is 0 Å². The van der Waals surface area contributed by atoms with Crippen molar-refractivity contribution in [3.05, 3.63) is 30.1 Å². The molecule has 2 heterocycles. The van der Waals surface area contributed by atoms with Gasteiger partial charge in [0, 0.05) is 30.9 Å². The van der Waals surface area contributed by atoms with Crippen molar-refractivity contribution in [3.8, 4) is 0 Å². The molecule has 1 aromatic heterocycles. The van der Waals surface area contributed by atoms with E-state index in [-0.39, 0.29) is 0 Å². The molecular weight excluding hydrogens is 222 g/mol. The normalized spacial score (nSPS) is 25.6. The van der Waals surface area contributed by atoms with Crippen molar-refractivity contribution < 1.29 is 0 Å². The molecule has 3 heteroatoms. The molecule has 0 amide bonds. The van der Waals surface area contributed by atoms with Crippen LogP contribution in [0, 0.1) is 0 Å².